The van der Waals surface area contributed by atoms with Crippen LogP contribution in [0.15, 0.2) is 18.2 Å². The molecule has 112 valence electrons. The van der Waals surface area contributed by atoms with E-state index in [9.17, 15) is 9.59 Å². The van der Waals surface area contributed by atoms with E-state index in [0.29, 0.717) is 18.5 Å². The number of anilines is 1. The summed E-state index contributed by atoms with van der Waals surface area (Å²) < 4.78 is 3.87. The van der Waals surface area contributed by atoms with Gasteiger partial charge in [0, 0.05) is 12.2 Å². The van der Waals surface area contributed by atoms with Gasteiger partial charge >= 0.3 is 5.97 Å². The number of nitrogens with zero attached hydrogens (tertiary/aromatic N) is 1. The normalized spacial score (nSPS) is 22.4. The minimum absolute atomic E-state index is 0.0667. The van der Waals surface area contributed by atoms with E-state index in [2.05, 4.69) is 0 Å². The number of rotatable bonds is 2. The Morgan fingerprint density at radius 2 is 2.10 bits per heavy atom. The molecule has 0 radical (unpaired) electrons. The predicted octanol–water partition coefficient (Wildman–Crippen LogP) is 2.95. The van der Waals surface area contributed by atoms with Crippen LogP contribution >= 0.6 is 23.2 Å². The molecule has 1 aliphatic carbocycles. The van der Waals surface area contributed by atoms with Gasteiger partial charge in [-0.05, 0) is 37.0 Å². The third-order valence-electron chi connectivity index (χ3n) is 4.05. The van der Waals surface area contributed by atoms with Crippen molar-refractivity contribution in [3.63, 3.8) is 0 Å². The maximum absolute atomic E-state index is 12.5. The van der Waals surface area contributed by atoms with Crippen LogP contribution in [-0.4, -0.2) is 29.9 Å². The molecule has 0 bridgehead atoms. The van der Waals surface area contributed by atoms with E-state index < -0.39 is 4.33 Å². The Balaban J connectivity index is 1.95. The first kappa shape index (κ1) is 14.7. The van der Waals surface area contributed by atoms with E-state index >= 15 is 0 Å². The molecule has 1 aromatic rings. The van der Waals surface area contributed by atoms with Gasteiger partial charge in [-0.15, -0.1) is 23.2 Å². The number of ether oxygens (including phenoxy) is 1. The Morgan fingerprint density at radius 1 is 1.38 bits per heavy atom. The first-order valence-electron chi connectivity index (χ1n) is 6.85. The summed E-state index contributed by atoms with van der Waals surface area (Å²) in [6.45, 7) is 0.622. The van der Waals surface area contributed by atoms with E-state index in [0.717, 1.165) is 24.1 Å². The summed E-state index contributed by atoms with van der Waals surface area (Å²) >= 11 is 12.0. The second-order valence-electron chi connectivity index (χ2n) is 5.41. The molecule has 1 aliphatic heterocycles. The number of esters is 1. The first-order chi connectivity index (χ1) is 9.95. The van der Waals surface area contributed by atoms with E-state index in [1.807, 2.05) is 6.07 Å². The van der Waals surface area contributed by atoms with Gasteiger partial charge in [-0.2, -0.15) is 0 Å². The monoisotopic (exact) mass is 327 g/mol. The van der Waals surface area contributed by atoms with Gasteiger partial charge < -0.3 is 9.64 Å². The van der Waals surface area contributed by atoms with Crippen molar-refractivity contribution in [2.75, 3.05) is 18.6 Å². The standard InChI is InChI=1S/C15H15Cl2NO3/c1-21-14(20)10-4-2-6-12-9(10)5-3-7-18(12)13(19)11-8-15(11,16)17/h2,4,6,11H,3,5,7-8H2,1H3. The van der Waals surface area contributed by atoms with Gasteiger partial charge in [0.1, 0.15) is 4.33 Å². The number of carbonyl (C=O) groups is 2. The molecule has 0 N–H and O–H groups in total. The third kappa shape index (κ3) is 2.51. The lowest BCUT2D eigenvalue weighted by Crippen LogP contribution is -2.38. The Hall–Kier alpha value is -1.26. The van der Waals surface area contributed by atoms with Crippen LogP contribution in [-0.2, 0) is 16.0 Å². The van der Waals surface area contributed by atoms with Gasteiger partial charge in [-0.25, -0.2) is 4.79 Å². The Morgan fingerprint density at radius 3 is 2.71 bits per heavy atom. The second-order valence-corrected chi connectivity index (χ2v) is 6.95. The SMILES string of the molecule is COC(=O)c1cccc2c1CCCN2C(=O)C1CC1(Cl)Cl. The molecule has 0 aromatic heterocycles. The van der Waals surface area contributed by atoms with Crippen LogP contribution in [0.1, 0.15) is 28.8 Å². The predicted molar refractivity (Wildman–Crippen MR) is 81.0 cm³/mol. The molecule has 6 heteroatoms. The van der Waals surface area contributed by atoms with Gasteiger partial charge in [-0.1, -0.05) is 6.07 Å². The zero-order valence-electron chi connectivity index (χ0n) is 11.6. The molecular formula is C15H15Cl2NO3. The van der Waals surface area contributed by atoms with E-state index in [1.54, 1.807) is 17.0 Å². The minimum atomic E-state index is -0.936. The Labute approximate surface area is 133 Å². The molecule has 1 heterocycles. The van der Waals surface area contributed by atoms with Crippen molar-refractivity contribution in [1.82, 2.24) is 0 Å². The van der Waals surface area contributed by atoms with Crippen LogP contribution < -0.4 is 4.90 Å². The highest BCUT2D eigenvalue weighted by Gasteiger charge is 2.57. The summed E-state index contributed by atoms with van der Waals surface area (Å²) in [6, 6.07) is 5.34. The summed E-state index contributed by atoms with van der Waals surface area (Å²) in [6.07, 6.45) is 2.04. The van der Waals surface area contributed by atoms with Crippen LogP contribution in [0.5, 0.6) is 0 Å². The zero-order valence-corrected chi connectivity index (χ0v) is 13.1. The Kier molecular flexibility index (Phi) is 3.62. The summed E-state index contributed by atoms with van der Waals surface area (Å²) in [5, 5.41) is 0. The molecule has 21 heavy (non-hydrogen) atoms. The smallest absolute Gasteiger partial charge is 0.338 e. The summed E-state index contributed by atoms with van der Waals surface area (Å²) in [4.78, 5) is 26.1. The highest BCUT2D eigenvalue weighted by atomic mass is 35.5. The molecule has 1 amide bonds. The highest BCUT2D eigenvalue weighted by Crippen LogP contribution is 2.54. The number of hydrogen-bond acceptors (Lipinski definition) is 3. The first-order valence-corrected chi connectivity index (χ1v) is 7.60. The van der Waals surface area contributed by atoms with Crippen molar-refractivity contribution in [3.8, 4) is 0 Å². The maximum atomic E-state index is 12.5. The van der Waals surface area contributed by atoms with Gasteiger partial charge in [0.15, 0.2) is 0 Å². The molecule has 2 aliphatic rings. The fourth-order valence-electron chi connectivity index (χ4n) is 2.82. The zero-order chi connectivity index (χ0) is 15.2. The Bertz CT molecular complexity index is 615. The van der Waals surface area contributed by atoms with E-state index in [4.69, 9.17) is 27.9 Å². The van der Waals surface area contributed by atoms with Gasteiger partial charge in [-0.3, -0.25) is 4.79 Å². The molecule has 1 unspecified atom stereocenters. The van der Waals surface area contributed by atoms with Gasteiger partial charge in [0.2, 0.25) is 5.91 Å². The van der Waals surface area contributed by atoms with Crippen LogP contribution in [0.2, 0.25) is 0 Å². The lowest BCUT2D eigenvalue weighted by Gasteiger charge is -2.30. The van der Waals surface area contributed by atoms with E-state index in [1.165, 1.54) is 7.11 Å². The molecular weight excluding hydrogens is 313 g/mol. The van der Waals surface area contributed by atoms with Crippen molar-refractivity contribution in [2.45, 2.75) is 23.6 Å². The topological polar surface area (TPSA) is 46.6 Å². The van der Waals surface area contributed by atoms with Gasteiger partial charge in [0.25, 0.3) is 0 Å². The van der Waals surface area contributed by atoms with Crippen LogP contribution in [0.25, 0.3) is 0 Å². The summed E-state index contributed by atoms with van der Waals surface area (Å²) in [7, 11) is 1.35. The molecule has 1 saturated carbocycles. The number of amides is 1. The number of methoxy groups -OCH3 is 1. The molecule has 0 spiro atoms. The minimum Gasteiger partial charge on any atom is -0.465 e. The fourth-order valence-corrected chi connectivity index (χ4v) is 3.32. The molecule has 3 rings (SSSR count). The quantitative estimate of drug-likeness (QED) is 0.619. The van der Waals surface area contributed by atoms with E-state index in [-0.39, 0.29) is 17.8 Å². The fraction of sp³-hybridized carbons (Fsp3) is 0.467. The number of fused-ring (bicyclic) bond motifs is 1. The summed E-state index contributed by atoms with van der Waals surface area (Å²) in [5.74, 6) is -0.798. The molecule has 1 atom stereocenters. The molecule has 1 aromatic carbocycles. The number of hydrogen-bond donors (Lipinski definition) is 0. The maximum Gasteiger partial charge on any atom is 0.338 e. The molecule has 0 saturated heterocycles. The largest absolute Gasteiger partial charge is 0.465 e. The van der Waals surface area contributed by atoms with Crippen molar-refractivity contribution < 1.29 is 14.3 Å². The van der Waals surface area contributed by atoms with Crippen molar-refractivity contribution in [1.29, 1.82) is 0 Å². The lowest BCUT2D eigenvalue weighted by molar-refractivity contribution is -0.119. The van der Waals surface area contributed by atoms with Crippen molar-refractivity contribution in [2.24, 2.45) is 5.92 Å². The molecule has 1 fully saturated rings. The third-order valence-corrected chi connectivity index (χ3v) is 4.88. The number of halogens is 2. The highest BCUT2D eigenvalue weighted by molar-refractivity contribution is 6.52. The van der Waals surface area contributed by atoms with Crippen LogP contribution in [0.4, 0.5) is 5.69 Å². The number of alkyl halides is 2. The van der Waals surface area contributed by atoms with Crippen LogP contribution in [0.3, 0.4) is 0 Å². The summed E-state index contributed by atoms with van der Waals surface area (Å²) in [5.41, 5.74) is 2.15. The molecule has 4 nitrogen and oxygen atoms in total. The average Bonchev–Trinajstić information content (AvgIpc) is 3.13. The average molecular weight is 328 g/mol. The second kappa shape index (κ2) is 5.18. The van der Waals surface area contributed by atoms with Crippen LogP contribution in [0, 0.1) is 5.92 Å². The number of benzene rings is 1. The number of carbonyl (C=O) groups excluding carboxylic acids is 2. The lowest BCUT2D eigenvalue weighted by atomic mass is 9.96. The van der Waals surface area contributed by atoms with Crippen molar-refractivity contribution >= 4 is 40.8 Å². The van der Waals surface area contributed by atoms with Gasteiger partial charge in [0.05, 0.1) is 18.6 Å². The van der Waals surface area contributed by atoms with Crippen molar-refractivity contribution in [3.05, 3.63) is 29.3 Å².